The van der Waals surface area contributed by atoms with Gasteiger partial charge in [0.25, 0.3) is 0 Å². The summed E-state index contributed by atoms with van der Waals surface area (Å²) in [5.41, 5.74) is 4.53. The van der Waals surface area contributed by atoms with Crippen molar-refractivity contribution < 1.29 is 0 Å². The van der Waals surface area contributed by atoms with Crippen LogP contribution in [0.4, 0.5) is 0 Å². The maximum atomic E-state index is 3.71. The third kappa shape index (κ3) is 2.24. The normalized spacial score (nSPS) is 24.2. The molecule has 2 aliphatic rings. The minimum Gasteiger partial charge on any atom is -0.313 e. The monoisotopic (exact) mass is 230 g/mol. The summed E-state index contributed by atoms with van der Waals surface area (Å²) >= 11 is 0. The first-order valence-corrected chi connectivity index (χ1v) is 6.87. The molecule has 1 fully saturated rings. The first-order chi connectivity index (χ1) is 8.34. The van der Waals surface area contributed by atoms with Crippen molar-refractivity contribution in [3.63, 3.8) is 0 Å². The predicted octanol–water partition coefficient (Wildman–Crippen LogP) is 2.32. The van der Waals surface area contributed by atoms with Gasteiger partial charge in [0.05, 0.1) is 0 Å². The van der Waals surface area contributed by atoms with Crippen molar-refractivity contribution in [2.45, 2.75) is 44.7 Å². The van der Waals surface area contributed by atoms with Gasteiger partial charge < -0.3 is 10.6 Å². The molecule has 1 saturated carbocycles. The van der Waals surface area contributed by atoms with Crippen LogP contribution in [0.15, 0.2) is 18.2 Å². The molecule has 0 bridgehead atoms. The Balaban J connectivity index is 1.72. The van der Waals surface area contributed by atoms with E-state index in [1.54, 1.807) is 5.56 Å². The zero-order chi connectivity index (χ0) is 11.7. The van der Waals surface area contributed by atoms with Crippen LogP contribution in [0, 0.1) is 6.92 Å². The van der Waals surface area contributed by atoms with E-state index in [4.69, 9.17) is 0 Å². The molecule has 2 heteroatoms. The number of aryl methyl sites for hydroxylation is 1. The molecular weight excluding hydrogens is 208 g/mol. The largest absolute Gasteiger partial charge is 0.313 e. The van der Waals surface area contributed by atoms with E-state index < -0.39 is 0 Å². The summed E-state index contributed by atoms with van der Waals surface area (Å²) in [5, 5.41) is 7.26. The highest BCUT2D eigenvalue weighted by Crippen LogP contribution is 2.27. The van der Waals surface area contributed by atoms with Gasteiger partial charge in [-0.2, -0.15) is 0 Å². The molecule has 0 spiro atoms. The van der Waals surface area contributed by atoms with Crippen LogP contribution < -0.4 is 10.6 Å². The summed E-state index contributed by atoms with van der Waals surface area (Å²) in [6.07, 6.45) is 4.16. The Morgan fingerprint density at radius 1 is 1.35 bits per heavy atom. The molecule has 92 valence electrons. The van der Waals surface area contributed by atoms with Crippen LogP contribution in [0.5, 0.6) is 0 Å². The summed E-state index contributed by atoms with van der Waals surface area (Å²) in [5.74, 6) is 0.652. The molecule has 2 nitrogen and oxygen atoms in total. The fraction of sp³-hybridized carbons (Fsp3) is 0.600. The number of rotatable bonds is 3. The maximum absolute atomic E-state index is 3.71. The van der Waals surface area contributed by atoms with E-state index in [9.17, 15) is 0 Å². The van der Waals surface area contributed by atoms with Gasteiger partial charge >= 0.3 is 0 Å². The highest BCUT2D eigenvalue weighted by molar-refractivity contribution is 5.38. The fourth-order valence-corrected chi connectivity index (χ4v) is 2.93. The van der Waals surface area contributed by atoms with Crippen molar-refractivity contribution in [2.24, 2.45) is 0 Å². The third-order valence-corrected chi connectivity index (χ3v) is 4.34. The molecule has 0 radical (unpaired) electrons. The topological polar surface area (TPSA) is 24.1 Å². The molecule has 1 unspecified atom stereocenters. The average molecular weight is 230 g/mol. The maximum Gasteiger partial charge on any atom is 0.0211 e. The van der Waals surface area contributed by atoms with Crippen molar-refractivity contribution in [2.75, 3.05) is 13.1 Å². The lowest BCUT2D eigenvalue weighted by molar-refractivity contribution is 0.327. The zero-order valence-corrected chi connectivity index (χ0v) is 10.6. The van der Waals surface area contributed by atoms with Gasteiger partial charge in [0.15, 0.2) is 0 Å². The Hall–Kier alpha value is -0.860. The molecule has 3 rings (SSSR count). The summed E-state index contributed by atoms with van der Waals surface area (Å²) in [4.78, 5) is 0. The van der Waals surface area contributed by atoms with Crippen molar-refractivity contribution in [1.29, 1.82) is 0 Å². The first-order valence-electron chi connectivity index (χ1n) is 6.87. The van der Waals surface area contributed by atoms with E-state index in [1.165, 1.54) is 30.4 Å². The Bertz CT molecular complexity index is 396. The number of nitrogens with one attached hydrogen (secondary N) is 2. The molecule has 17 heavy (non-hydrogen) atoms. The van der Waals surface area contributed by atoms with Gasteiger partial charge in [0.1, 0.15) is 0 Å². The highest BCUT2D eigenvalue weighted by Gasteiger charge is 2.23. The molecule has 1 heterocycles. The average Bonchev–Trinajstić information content (AvgIpc) is 2.28. The van der Waals surface area contributed by atoms with Crippen LogP contribution >= 0.6 is 0 Å². The van der Waals surface area contributed by atoms with Gasteiger partial charge in [-0.05, 0) is 36.5 Å². The summed E-state index contributed by atoms with van der Waals surface area (Å²) in [6.45, 7) is 5.52. The van der Waals surface area contributed by atoms with Gasteiger partial charge in [-0.1, -0.05) is 24.6 Å². The van der Waals surface area contributed by atoms with Gasteiger partial charge in [-0.3, -0.25) is 0 Å². The van der Waals surface area contributed by atoms with E-state index in [0.29, 0.717) is 5.92 Å². The molecule has 1 aliphatic carbocycles. The number of hydrogen-bond donors (Lipinski definition) is 2. The van der Waals surface area contributed by atoms with Gasteiger partial charge in [0.2, 0.25) is 0 Å². The summed E-state index contributed by atoms with van der Waals surface area (Å²) < 4.78 is 0. The van der Waals surface area contributed by atoms with Crippen molar-refractivity contribution in [3.8, 4) is 0 Å². The molecule has 0 aromatic heterocycles. The second-order valence-electron chi connectivity index (χ2n) is 5.51. The van der Waals surface area contributed by atoms with Crippen molar-refractivity contribution >= 4 is 0 Å². The van der Waals surface area contributed by atoms with E-state index in [2.05, 4.69) is 35.8 Å². The van der Waals surface area contributed by atoms with Crippen molar-refractivity contribution in [1.82, 2.24) is 10.6 Å². The number of fused-ring (bicyclic) bond motifs is 1. The molecule has 1 atom stereocenters. The van der Waals surface area contributed by atoms with Crippen LogP contribution in [0.2, 0.25) is 0 Å². The zero-order valence-electron chi connectivity index (χ0n) is 10.6. The Morgan fingerprint density at radius 3 is 3.00 bits per heavy atom. The SMILES string of the molecule is Cc1cccc2c1CNCC2CNC1CCC1. The number of benzene rings is 1. The first kappa shape index (κ1) is 11.2. The fourth-order valence-electron chi connectivity index (χ4n) is 2.93. The quantitative estimate of drug-likeness (QED) is 0.833. The lowest BCUT2D eigenvalue weighted by Gasteiger charge is -2.32. The van der Waals surface area contributed by atoms with E-state index in [1.807, 2.05) is 0 Å². The smallest absolute Gasteiger partial charge is 0.0211 e. The Kier molecular flexibility index (Phi) is 3.17. The molecule has 1 aromatic carbocycles. The van der Waals surface area contributed by atoms with Gasteiger partial charge in [-0.15, -0.1) is 0 Å². The Labute approximate surface area is 104 Å². The molecular formula is C15H22N2. The van der Waals surface area contributed by atoms with Crippen LogP contribution in [-0.2, 0) is 6.54 Å². The van der Waals surface area contributed by atoms with Gasteiger partial charge in [0, 0.05) is 31.6 Å². The van der Waals surface area contributed by atoms with Crippen LogP contribution in [0.3, 0.4) is 0 Å². The molecule has 1 aliphatic heterocycles. The van der Waals surface area contributed by atoms with E-state index in [-0.39, 0.29) is 0 Å². The van der Waals surface area contributed by atoms with Crippen LogP contribution in [-0.4, -0.2) is 19.1 Å². The second kappa shape index (κ2) is 4.79. The van der Waals surface area contributed by atoms with Gasteiger partial charge in [-0.25, -0.2) is 0 Å². The number of hydrogen-bond acceptors (Lipinski definition) is 2. The second-order valence-corrected chi connectivity index (χ2v) is 5.51. The van der Waals surface area contributed by atoms with E-state index >= 15 is 0 Å². The third-order valence-electron chi connectivity index (χ3n) is 4.34. The lowest BCUT2D eigenvalue weighted by atomic mass is 9.87. The van der Waals surface area contributed by atoms with Crippen LogP contribution in [0.1, 0.15) is 41.9 Å². The molecule has 2 N–H and O–H groups in total. The van der Waals surface area contributed by atoms with Crippen molar-refractivity contribution in [3.05, 3.63) is 34.9 Å². The van der Waals surface area contributed by atoms with E-state index in [0.717, 1.165) is 25.7 Å². The molecule has 1 aromatic rings. The standard InChI is InChI=1S/C15H22N2/c1-11-4-2-7-14-12(8-16-10-15(11)14)9-17-13-5-3-6-13/h2,4,7,12-13,16-17H,3,5-6,8-10H2,1H3. The minimum atomic E-state index is 0.652. The summed E-state index contributed by atoms with van der Waals surface area (Å²) in [6, 6.07) is 7.54. The predicted molar refractivity (Wildman–Crippen MR) is 71.3 cm³/mol. The molecule has 0 saturated heterocycles. The Morgan fingerprint density at radius 2 is 2.24 bits per heavy atom. The minimum absolute atomic E-state index is 0.652. The highest BCUT2D eigenvalue weighted by atomic mass is 15.0. The molecule has 0 amide bonds. The van der Waals surface area contributed by atoms with Crippen LogP contribution in [0.25, 0.3) is 0 Å². The summed E-state index contributed by atoms with van der Waals surface area (Å²) in [7, 11) is 0. The lowest BCUT2D eigenvalue weighted by Crippen LogP contribution is -2.41.